The van der Waals surface area contributed by atoms with Gasteiger partial charge in [0.25, 0.3) is 5.91 Å². The number of fused-ring (bicyclic) bond motifs is 1. The maximum absolute atomic E-state index is 14.5. The Morgan fingerprint density at radius 2 is 1.65 bits per heavy atom. The van der Waals surface area contributed by atoms with E-state index in [4.69, 9.17) is 0 Å². The van der Waals surface area contributed by atoms with Gasteiger partial charge in [-0.25, -0.2) is 12.8 Å². The topological polar surface area (TPSA) is 59.4 Å². The van der Waals surface area contributed by atoms with Crippen LogP contribution in [0.1, 0.15) is 16.1 Å². The van der Waals surface area contributed by atoms with Crippen LogP contribution in [-0.2, 0) is 16.4 Å². The molecule has 7 heteroatoms. The first-order chi connectivity index (χ1) is 12.4. The number of halogens is 1. The molecule has 0 N–H and O–H groups in total. The van der Waals surface area contributed by atoms with Crippen molar-refractivity contribution in [3.63, 3.8) is 0 Å². The van der Waals surface area contributed by atoms with Gasteiger partial charge in [-0.05, 0) is 30.3 Å². The van der Waals surface area contributed by atoms with Gasteiger partial charge in [0.2, 0.25) is 9.84 Å². The summed E-state index contributed by atoms with van der Waals surface area (Å²) in [6, 6.07) is 15.2. The minimum atomic E-state index is -3.93. The number of nitrogens with zero attached hydrogens (tertiary/aromatic N) is 2. The van der Waals surface area contributed by atoms with Crippen molar-refractivity contribution in [3.05, 3.63) is 77.7 Å². The first kappa shape index (κ1) is 16.5. The average Bonchev–Trinajstić information content (AvgIpc) is 3.14. The zero-order valence-corrected chi connectivity index (χ0v) is 14.7. The predicted molar refractivity (Wildman–Crippen MR) is 93.4 cm³/mol. The Morgan fingerprint density at radius 3 is 2.35 bits per heavy atom. The number of hydrogen-bond donors (Lipinski definition) is 0. The number of amides is 1. The molecular weight excluding hydrogens is 355 g/mol. The van der Waals surface area contributed by atoms with Gasteiger partial charge in [-0.2, -0.15) is 0 Å². The van der Waals surface area contributed by atoms with E-state index in [1.54, 1.807) is 31.3 Å². The molecule has 26 heavy (non-hydrogen) atoms. The Bertz CT molecular complexity index is 1120. The summed E-state index contributed by atoms with van der Waals surface area (Å²) >= 11 is 0. The lowest BCUT2D eigenvalue weighted by Crippen LogP contribution is -2.20. The maximum atomic E-state index is 14.5. The van der Waals surface area contributed by atoms with Crippen LogP contribution in [0, 0.1) is 5.82 Å². The highest BCUT2D eigenvalue weighted by molar-refractivity contribution is 7.91. The van der Waals surface area contributed by atoms with Crippen molar-refractivity contribution in [2.75, 3.05) is 7.05 Å². The zero-order valence-electron chi connectivity index (χ0n) is 13.9. The molecule has 0 unspecified atom stereocenters. The van der Waals surface area contributed by atoms with Crippen LogP contribution < -0.4 is 0 Å². The van der Waals surface area contributed by atoms with E-state index in [2.05, 4.69) is 0 Å². The third-order valence-corrected chi connectivity index (χ3v) is 6.20. The number of para-hydroxylation sites is 1. The number of carbonyl (C=O) groups excluding carboxylic acids is 1. The molecule has 1 aliphatic heterocycles. The second-order valence-electron chi connectivity index (χ2n) is 6.11. The Kier molecular flexibility index (Phi) is 3.69. The Hall–Kier alpha value is -2.93. The summed E-state index contributed by atoms with van der Waals surface area (Å²) in [5, 5.41) is -0.111. The first-order valence-corrected chi connectivity index (χ1v) is 9.44. The molecule has 132 valence electrons. The van der Waals surface area contributed by atoms with Crippen LogP contribution in [0.15, 0.2) is 70.6 Å². The number of rotatable bonds is 3. The standard InChI is InChI=1S/C19H15FN2O3S/c1-21-12-17-14(19(21)23)11-18(22(17)16-10-6-5-9-15(16)20)26(24,25)13-7-3-2-4-8-13/h2-11H,12H2,1H3. The largest absolute Gasteiger partial charge is 0.336 e. The molecule has 3 aromatic rings. The van der Waals surface area contributed by atoms with Gasteiger partial charge in [-0.1, -0.05) is 30.3 Å². The van der Waals surface area contributed by atoms with Crippen LogP contribution in [0.4, 0.5) is 4.39 Å². The summed E-state index contributed by atoms with van der Waals surface area (Å²) in [6.45, 7) is 0.215. The average molecular weight is 370 g/mol. The molecule has 1 amide bonds. The summed E-state index contributed by atoms with van der Waals surface area (Å²) in [4.78, 5) is 13.9. The molecule has 2 heterocycles. The van der Waals surface area contributed by atoms with Crippen molar-refractivity contribution in [1.29, 1.82) is 0 Å². The summed E-state index contributed by atoms with van der Waals surface area (Å²) in [5.74, 6) is -0.836. The van der Waals surface area contributed by atoms with Crippen LogP contribution in [0.2, 0.25) is 0 Å². The summed E-state index contributed by atoms with van der Waals surface area (Å²) in [7, 11) is -2.30. The Morgan fingerprint density at radius 1 is 1.00 bits per heavy atom. The number of aromatic nitrogens is 1. The van der Waals surface area contributed by atoms with Crippen molar-refractivity contribution in [1.82, 2.24) is 9.47 Å². The molecule has 2 aromatic carbocycles. The van der Waals surface area contributed by atoms with Crippen LogP contribution >= 0.6 is 0 Å². The lowest BCUT2D eigenvalue weighted by atomic mass is 10.2. The van der Waals surface area contributed by atoms with E-state index in [0.29, 0.717) is 5.69 Å². The summed E-state index contributed by atoms with van der Waals surface area (Å²) in [5.41, 5.74) is 0.855. The van der Waals surface area contributed by atoms with Crippen LogP contribution in [0.25, 0.3) is 5.69 Å². The van der Waals surface area contributed by atoms with Crippen molar-refractivity contribution in [3.8, 4) is 5.69 Å². The molecule has 0 radical (unpaired) electrons. The number of sulfone groups is 1. The third kappa shape index (κ3) is 2.35. The fourth-order valence-electron chi connectivity index (χ4n) is 3.18. The molecule has 5 nitrogen and oxygen atoms in total. The van der Waals surface area contributed by atoms with Crippen LogP contribution in [0.5, 0.6) is 0 Å². The van der Waals surface area contributed by atoms with Crippen molar-refractivity contribution >= 4 is 15.7 Å². The number of hydrogen-bond acceptors (Lipinski definition) is 3. The van der Waals surface area contributed by atoms with E-state index >= 15 is 0 Å². The summed E-state index contributed by atoms with van der Waals surface area (Å²) < 4.78 is 42.1. The van der Waals surface area contributed by atoms with Gasteiger partial charge in [-0.15, -0.1) is 0 Å². The predicted octanol–water partition coefficient (Wildman–Crippen LogP) is 3.03. The Balaban J connectivity index is 2.03. The quantitative estimate of drug-likeness (QED) is 0.712. The third-order valence-electron chi connectivity index (χ3n) is 4.46. The van der Waals surface area contributed by atoms with Gasteiger partial charge in [-0.3, -0.25) is 9.36 Å². The number of carbonyl (C=O) groups is 1. The molecule has 0 bridgehead atoms. The molecule has 0 spiro atoms. The summed E-state index contributed by atoms with van der Waals surface area (Å²) in [6.07, 6.45) is 0. The molecule has 1 aliphatic rings. The van der Waals surface area contributed by atoms with E-state index in [0.717, 1.165) is 0 Å². The molecule has 0 fully saturated rings. The van der Waals surface area contributed by atoms with Gasteiger partial charge < -0.3 is 4.90 Å². The SMILES string of the molecule is CN1Cc2c(cc(S(=O)(=O)c3ccccc3)n2-c2ccccc2F)C1=O. The number of benzene rings is 2. The normalized spacial score (nSPS) is 13.9. The smallest absolute Gasteiger partial charge is 0.255 e. The van der Waals surface area contributed by atoms with Gasteiger partial charge in [0.15, 0.2) is 0 Å². The van der Waals surface area contributed by atoms with Gasteiger partial charge >= 0.3 is 0 Å². The monoisotopic (exact) mass is 370 g/mol. The Labute approximate surface area is 150 Å². The van der Waals surface area contributed by atoms with Crippen LogP contribution in [-0.4, -0.2) is 30.8 Å². The lowest BCUT2D eigenvalue weighted by Gasteiger charge is -2.15. The molecular formula is C19H15FN2O3S. The lowest BCUT2D eigenvalue weighted by molar-refractivity contribution is 0.0815. The molecule has 0 saturated carbocycles. The van der Waals surface area contributed by atoms with Gasteiger partial charge in [0.1, 0.15) is 10.8 Å². The highest BCUT2D eigenvalue weighted by atomic mass is 32.2. The molecule has 1 aromatic heterocycles. The zero-order chi connectivity index (χ0) is 18.5. The van der Waals surface area contributed by atoms with Gasteiger partial charge in [0.05, 0.1) is 28.4 Å². The van der Waals surface area contributed by atoms with Crippen molar-refractivity contribution in [2.45, 2.75) is 16.5 Å². The van der Waals surface area contributed by atoms with E-state index in [1.165, 1.54) is 45.9 Å². The van der Waals surface area contributed by atoms with Crippen molar-refractivity contribution in [2.24, 2.45) is 0 Å². The fourth-order valence-corrected chi connectivity index (χ4v) is 4.66. The molecule has 4 rings (SSSR count). The van der Waals surface area contributed by atoms with E-state index in [-0.39, 0.29) is 33.6 Å². The van der Waals surface area contributed by atoms with E-state index in [9.17, 15) is 17.6 Å². The second-order valence-corrected chi connectivity index (χ2v) is 8.00. The second kappa shape index (κ2) is 5.81. The van der Waals surface area contributed by atoms with Crippen molar-refractivity contribution < 1.29 is 17.6 Å². The minimum Gasteiger partial charge on any atom is -0.336 e. The first-order valence-electron chi connectivity index (χ1n) is 7.96. The van der Waals surface area contributed by atoms with E-state index < -0.39 is 15.7 Å². The van der Waals surface area contributed by atoms with Crippen LogP contribution in [0.3, 0.4) is 0 Å². The highest BCUT2D eigenvalue weighted by Gasteiger charge is 2.35. The molecule has 0 atom stereocenters. The minimum absolute atomic E-state index is 0.0922. The highest BCUT2D eigenvalue weighted by Crippen LogP contribution is 2.34. The maximum Gasteiger partial charge on any atom is 0.255 e. The fraction of sp³-hybridized carbons (Fsp3) is 0.105. The van der Waals surface area contributed by atoms with E-state index in [1.807, 2.05) is 0 Å². The molecule has 0 saturated heterocycles. The van der Waals surface area contributed by atoms with Gasteiger partial charge in [0, 0.05) is 7.05 Å². The molecule has 0 aliphatic carbocycles.